The summed E-state index contributed by atoms with van der Waals surface area (Å²) >= 11 is 0. The summed E-state index contributed by atoms with van der Waals surface area (Å²) in [6.07, 6.45) is 9.25. The standard InChI is InChI=1S/C71H103N9O17.Na/c1-69(2,3)95-61(86)33-32-55(67(91)97-71(7,8)9)78-68(92)77-54(66(90)96-70(4,5)6)20-13-14-35-73-64(88)56(40-45-22-23-46-17-11-12-18-48(46)39-45)76-58(82)43-80(44-60(84)85)65(89)47-24-26-50(27-25-47)75-57(81)21-16-37-93-51-28-30-52(31-29-51)94-38-36-74-63(87)53-41-59(83)79(10)62(53)49-19-15-34-72-42-49;/h11-12,15,17-19,22-23,34,39,42,47,50-56,62H,13-14,16,20-21,24-33,35-38,40-41,43-44H2,1-10H3,(H,73,88)(H,74,87)(H,75,81)(H,76,82)(H,84,85)(H2,77,78,92);/q;+1/p-1/t47?,50?,51?,52?,53-,54-,55-,56-,62+;/m0./s1. The van der Waals surface area contributed by atoms with Crippen molar-refractivity contribution in [2.75, 3.05) is 46.4 Å². The van der Waals surface area contributed by atoms with Crippen LogP contribution in [0.3, 0.4) is 0 Å². The van der Waals surface area contributed by atoms with Gasteiger partial charge in [-0.05, 0) is 174 Å². The molecule has 534 valence electrons. The van der Waals surface area contributed by atoms with Crippen LogP contribution in [0, 0.1) is 11.8 Å². The molecule has 6 N–H and O–H groups in total. The molecule has 5 atom stereocenters. The summed E-state index contributed by atoms with van der Waals surface area (Å²) in [5.74, 6) is -7.25. The molecular weight excluding hydrogens is 1270 g/mol. The molecule has 2 aliphatic carbocycles. The minimum absolute atomic E-state index is 0. The Hall–Kier alpha value is -7.26. The van der Waals surface area contributed by atoms with Crippen molar-refractivity contribution >= 4 is 76.1 Å². The van der Waals surface area contributed by atoms with Gasteiger partial charge in [0.15, 0.2) is 0 Å². The summed E-state index contributed by atoms with van der Waals surface area (Å²) in [4.78, 5) is 152. The number of nitrogens with zero attached hydrogens (tertiary/aromatic N) is 3. The minimum Gasteiger partial charge on any atom is -0.548 e. The van der Waals surface area contributed by atoms with Crippen LogP contribution < -0.4 is 66.6 Å². The number of nitrogens with one attached hydrogen (secondary N) is 6. The number of ether oxygens (including phenoxy) is 5. The Labute approximate surface area is 597 Å². The fourth-order valence-electron chi connectivity index (χ4n) is 12.2. The van der Waals surface area contributed by atoms with Crippen LogP contribution in [0.4, 0.5) is 4.79 Å². The van der Waals surface area contributed by atoms with E-state index in [-0.39, 0.29) is 129 Å². The van der Waals surface area contributed by atoms with Crippen molar-refractivity contribution in [1.82, 2.24) is 46.7 Å². The van der Waals surface area contributed by atoms with Crippen LogP contribution in [-0.2, 0) is 78.1 Å². The second-order valence-corrected chi connectivity index (χ2v) is 28.5. The van der Waals surface area contributed by atoms with Crippen molar-refractivity contribution in [3.05, 3.63) is 78.1 Å². The number of carbonyl (C=O) groups excluding carboxylic acids is 11. The molecule has 2 saturated carbocycles. The van der Waals surface area contributed by atoms with Crippen LogP contribution in [0.5, 0.6) is 0 Å². The van der Waals surface area contributed by atoms with Crippen molar-refractivity contribution in [3.63, 3.8) is 0 Å². The number of fused-ring (bicyclic) bond motifs is 1. The van der Waals surface area contributed by atoms with Crippen molar-refractivity contribution in [1.29, 1.82) is 0 Å². The molecule has 0 bridgehead atoms. The van der Waals surface area contributed by atoms with Gasteiger partial charge in [0.25, 0.3) is 0 Å². The second-order valence-electron chi connectivity index (χ2n) is 28.5. The zero-order valence-electron chi connectivity index (χ0n) is 59.1. The molecule has 98 heavy (non-hydrogen) atoms. The number of amides is 8. The fourth-order valence-corrected chi connectivity index (χ4v) is 12.2. The average Bonchev–Trinajstić information content (AvgIpc) is 1.63. The summed E-state index contributed by atoms with van der Waals surface area (Å²) < 4.78 is 28.8. The summed E-state index contributed by atoms with van der Waals surface area (Å²) in [5, 5.41) is 30.6. The number of urea groups is 1. The normalized spacial score (nSPS) is 19.7. The van der Waals surface area contributed by atoms with Crippen LogP contribution >= 0.6 is 0 Å². The number of esters is 3. The van der Waals surface area contributed by atoms with E-state index in [4.69, 9.17) is 23.7 Å². The third kappa shape index (κ3) is 28.5. The second kappa shape index (κ2) is 38.9. The van der Waals surface area contributed by atoms with Gasteiger partial charge < -0.3 is 75.3 Å². The molecule has 2 aromatic carbocycles. The molecule has 0 radical (unpaired) electrons. The van der Waals surface area contributed by atoms with E-state index >= 15 is 0 Å². The number of carboxylic acid groups (broad SMARTS) is 1. The number of benzene rings is 2. The Morgan fingerprint density at radius 2 is 1.26 bits per heavy atom. The SMILES string of the molecule is CN1C(=O)C[C@H](C(=O)NCCOC2CCC(OCCCC(=O)NC3CCC(C(=O)N(CC(=O)[O-])CC(=O)N[C@@H](Cc4ccc5ccccc5c4)C(=O)NCCCC[C@H](NC(=O)N[C@@H](CCC(=O)OC(C)(C)C)C(=O)OC(C)(C)C)C(=O)OC(C)(C)C)CC3)CC2)[C@H]1c1cccnc1.[Na+]. The number of rotatable bonds is 33. The fraction of sp³-hybridized carbons (Fsp3) is 0.634. The number of aliphatic carboxylic acids is 1. The van der Waals surface area contributed by atoms with E-state index in [2.05, 4.69) is 36.9 Å². The van der Waals surface area contributed by atoms with Crippen LogP contribution in [-0.4, -0.2) is 180 Å². The first kappa shape index (κ1) is 81.4. The minimum atomic E-state index is -1.58. The first-order valence-electron chi connectivity index (χ1n) is 34.0. The third-order valence-electron chi connectivity index (χ3n) is 16.8. The van der Waals surface area contributed by atoms with Crippen LogP contribution in [0.2, 0.25) is 0 Å². The van der Waals surface area contributed by atoms with Crippen LogP contribution in [0.1, 0.15) is 182 Å². The molecule has 0 spiro atoms. The number of hydrogen-bond acceptors (Lipinski definition) is 18. The van der Waals surface area contributed by atoms with Gasteiger partial charge in [0.2, 0.25) is 35.4 Å². The smallest absolute Gasteiger partial charge is 0.548 e. The zero-order valence-corrected chi connectivity index (χ0v) is 61.1. The van der Waals surface area contributed by atoms with Crippen molar-refractivity contribution in [3.8, 4) is 0 Å². The zero-order chi connectivity index (χ0) is 71.0. The number of hydrogen-bond donors (Lipinski definition) is 6. The van der Waals surface area contributed by atoms with Gasteiger partial charge in [0.05, 0.1) is 49.8 Å². The molecule has 1 aromatic heterocycles. The van der Waals surface area contributed by atoms with Gasteiger partial charge >= 0.3 is 53.5 Å². The number of carbonyl (C=O) groups is 11. The topological polar surface area (TPSA) is 349 Å². The van der Waals surface area contributed by atoms with E-state index in [1.807, 2.05) is 48.5 Å². The molecule has 1 aliphatic heterocycles. The van der Waals surface area contributed by atoms with E-state index in [0.717, 1.165) is 46.9 Å². The summed E-state index contributed by atoms with van der Waals surface area (Å²) in [6.45, 7) is 14.6. The predicted octanol–water partition coefficient (Wildman–Crippen LogP) is 2.11. The monoisotopic (exact) mass is 1380 g/mol. The molecule has 26 nitrogen and oxygen atoms in total. The Morgan fingerprint density at radius 1 is 0.643 bits per heavy atom. The molecule has 27 heteroatoms. The Morgan fingerprint density at radius 3 is 1.86 bits per heavy atom. The van der Waals surface area contributed by atoms with Gasteiger partial charge in [-0.25, -0.2) is 14.4 Å². The first-order valence-corrected chi connectivity index (χ1v) is 34.0. The van der Waals surface area contributed by atoms with E-state index < -0.39 is 107 Å². The van der Waals surface area contributed by atoms with Gasteiger partial charge in [0, 0.05) is 76.8 Å². The van der Waals surface area contributed by atoms with Gasteiger partial charge in [-0.3, -0.25) is 38.5 Å². The molecule has 3 aliphatic rings. The number of carboxylic acids is 1. The predicted molar refractivity (Wildman–Crippen MR) is 356 cm³/mol. The largest absolute Gasteiger partial charge is 1.00 e. The molecule has 3 aromatic rings. The first-order chi connectivity index (χ1) is 45.8. The van der Waals surface area contributed by atoms with Crippen molar-refractivity contribution in [2.24, 2.45) is 11.8 Å². The number of likely N-dealkylation sites (tertiary alicyclic amines) is 1. The maximum atomic E-state index is 14.1. The summed E-state index contributed by atoms with van der Waals surface area (Å²) in [5.41, 5.74) is -1.13. The third-order valence-corrected chi connectivity index (χ3v) is 16.8. The molecular formula is C71H102N9NaO17. The van der Waals surface area contributed by atoms with E-state index in [1.165, 1.54) is 0 Å². The number of unbranched alkanes of at least 4 members (excludes halogenated alkanes) is 1. The Kier molecular flexibility index (Phi) is 32.3. The number of aromatic nitrogens is 1. The van der Waals surface area contributed by atoms with E-state index in [9.17, 15) is 57.8 Å². The van der Waals surface area contributed by atoms with Crippen LogP contribution in [0.15, 0.2) is 67.0 Å². The van der Waals surface area contributed by atoms with Crippen LogP contribution in [0.25, 0.3) is 10.8 Å². The molecule has 8 amide bonds. The number of pyridine rings is 1. The van der Waals surface area contributed by atoms with Gasteiger partial charge in [-0.1, -0.05) is 48.5 Å². The average molecular weight is 1380 g/mol. The molecule has 1 saturated heterocycles. The molecule has 6 rings (SSSR count). The van der Waals surface area contributed by atoms with Crippen molar-refractivity contribution in [2.45, 2.75) is 231 Å². The Bertz CT molecular complexity index is 3170. The maximum Gasteiger partial charge on any atom is 1.00 e. The Balaban J connectivity index is 0.0000173. The van der Waals surface area contributed by atoms with E-state index in [1.54, 1.807) is 92.7 Å². The van der Waals surface area contributed by atoms with Gasteiger partial charge in [-0.15, -0.1) is 0 Å². The molecule has 0 unspecified atom stereocenters. The van der Waals surface area contributed by atoms with Gasteiger partial charge in [-0.2, -0.15) is 0 Å². The summed E-state index contributed by atoms with van der Waals surface area (Å²) in [7, 11) is 1.70. The maximum absolute atomic E-state index is 14.1. The summed E-state index contributed by atoms with van der Waals surface area (Å²) in [6, 6.07) is 11.7. The molecule has 2 heterocycles. The van der Waals surface area contributed by atoms with Crippen molar-refractivity contribution < 1.29 is 111 Å². The van der Waals surface area contributed by atoms with E-state index in [0.29, 0.717) is 57.4 Å². The quantitative estimate of drug-likeness (QED) is 0.0220. The molecule has 3 fully saturated rings. The van der Waals surface area contributed by atoms with Gasteiger partial charge in [0.1, 0.15) is 34.9 Å².